The summed E-state index contributed by atoms with van der Waals surface area (Å²) in [6.07, 6.45) is 0. The molecule has 6 heteroatoms. The van der Waals surface area contributed by atoms with Crippen molar-refractivity contribution in [2.45, 2.75) is 13.8 Å². The molecule has 3 heterocycles. The largest absolute Gasteiger partial charge is 0.336 e. The number of hydrogen-bond acceptors (Lipinski definition) is 5. The standard InChI is InChI=1S/C19H20N4O2/c1-12-3-5-14(6-4-12)16-11-15(17-13(2)22-25-18(17)21-16)19(24)23-9-7-20-8-10-23/h3-6,11,20H,7-10H2,1-2H3. The minimum Gasteiger partial charge on any atom is -0.336 e. The first-order chi connectivity index (χ1) is 12.1. The molecule has 4 rings (SSSR count). The highest BCUT2D eigenvalue weighted by Gasteiger charge is 2.24. The fourth-order valence-corrected chi connectivity index (χ4v) is 3.17. The molecule has 0 spiro atoms. The molecule has 3 aromatic rings. The van der Waals surface area contributed by atoms with Gasteiger partial charge in [0.15, 0.2) is 0 Å². The summed E-state index contributed by atoms with van der Waals surface area (Å²) in [6, 6.07) is 9.94. The van der Waals surface area contributed by atoms with Crippen LogP contribution in [-0.4, -0.2) is 47.1 Å². The molecule has 1 aliphatic heterocycles. The lowest BCUT2D eigenvalue weighted by Crippen LogP contribution is -2.46. The first-order valence-electron chi connectivity index (χ1n) is 8.47. The van der Waals surface area contributed by atoms with E-state index in [-0.39, 0.29) is 5.91 Å². The number of carbonyl (C=O) groups is 1. The number of fused-ring (bicyclic) bond motifs is 1. The zero-order valence-electron chi connectivity index (χ0n) is 14.4. The Morgan fingerprint density at radius 1 is 1.16 bits per heavy atom. The molecule has 1 amide bonds. The maximum atomic E-state index is 13.1. The molecule has 0 aliphatic carbocycles. The Labute approximate surface area is 145 Å². The topological polar surface area (TPSA) is 71.3 Å². The van der Waals surface area contributed by atoms with Gasteiger partial charge < -0.3 is 14.7 Å². The molecule has 1 N–H and O–H groups in total. The zero-order valence-corrected chi connectivity index (χ0v) is 14.4. The number of benzene rings is 1. The fourth-order valence-electron chi connectivity index (χ4n) is 3.17. The molecule has 1 fully saturated rings. The van der Waals surface area contributed by atoms with Crippen molar-refractivity contribution in [3.05, 3.63) is 47.2 Å². The molecule has 0 radical (unpaired) electrons. The van der Waals surface area contributed by atoms with E-state index < -0.39 is 0 Å². The van der Waals surface area contributed by atoms with E-state index >= 15 is 0 Å². The first-order valence-corrected chi connectivity index (χ1v) is 8.47. The van der Waals surface area contributed by atoms with Crippen molar-refractivity contribution in [1.29, 1.82) is 0 Å². The number of carbonyl (C=O) groups excluding carboxylic acids is 1. The molecule has 25 heavy (non-hydrogen) atoms. The van der Waals surface area contributed by atoms with Crippen molar-refractivity contribution in [1.82, 2.24) is 20.4 Å². The molecule has 1 saturated heterocycles. The molecule has 1 aromatic carbocycles. The van der Waals surface area contributed by atoms with Gasteiger partial charge in [0.1, 0.15) is 0 Å². The summed E-state index contributed by atoms with van der Waals surface area (Å²) in [5.41, 5.74) is 4.57. The predicted octanol–water partition coefficient (Wildman–Crippen LogP) is 2.55. The molecule has 6 nitrogen and oxygen atoms in total. The van der Waals surface area contributed by atoms with Crippen LogP contribution in [0.15, 0.2) is 34.9 Å². The van der Waals surface area contributed by atoms with E-state index in [0.29, 0.717) is 35.4 Å². The molecule has 2 aromatic heterocycles. The fraction of sp³-hybridized carbons (Fsp3) is 0.316. The van der Waals surface area contributed by atoms with Gasteiger partial charge in [-0.1, -0.05) is 35.0 Å². The lowest BCUT2D eigenvalue weighted by molar-refractivity contribution is 0.0737. The van der Waals surface area contributed by atoms with Gasteiger partial charge in [0.25, 0.3) is 11.6 Å². The second-order valence-electron chi connectivity index (χ2n) is 6.41. The summed E-state index contributed by atoms with van der Waals surface area (Å²) >= 11 is 0. The average Bonchev–Trinajstić information content (AvgIpc) is 3.03. The lowest BCUT2D eigenvalue weighted by Gasteiger charge is -2.27. The van der Waals surface area contributed by atoms with E-state index in [0.717, 1.165) is 24.3 Å². The van der Waals surface area contributed by atoms with Crippen LogP contribution in [0.4, 0.5) is 0 Å². The third kappa shape index (κ3) is 2.89. The summed E-state index contributed by atoms with van der Waals surface area (Å²) in [5.74, 6) is 0.00793. The first kappa shape index (κ1) is 15.8. The Bertz CT molecular complexity index is 924. The predicted molar refractivity (Wildman–Crippen MR) is 95.5 cm³/mol. The van der Waals surface area contributed by atoms with Gasteiger partial charge in [-0.25, -0.2) is 4.98 Å². The van der Waals surface area contributed by atoms with Gasteiger partial charge in [-0.3, -0.25) is 4.79 Å². The monoisotopic (exact) mass is 336 g/mol. The normalized spacial score (nSPS) is 14.9. The highest BCUT2D eigenvalue weighted by atomic mass is 16.5. The molecule has 0 saturated carbocycles. The number of nitrogens with one attached hydrogen (secondary N) is 1. The molecule has 0 atom stereocenters. The van der Waals surface area contributed by atoms with Crippen LogP contribution in [0.5, 0.6) is 0 Å². The van der Waals surface area contributed by atoms with E-state index in [4.69, 9.17) is 4.52 Å². The highest BCUT2D eigenvalue weighted by Crippen LogP contribution is 2.28. The van der Waals surface area contributed by atoms with E-state index in [9.17, 15) is 4.79 Å². The van der Waals surface area contributed by atoms with E-state index in [2.05, 4.69) is 15.5 Å². The highest BCUT2D eigenvalue weighted by molar-refractivity contribution is 6.07. The quantitative estimate of drug-likeness (QED) is 0.779. The third-order valence-electron chi connectivity index (χ3n) is 4.60. The molecule has 128 valence electrons. The average molecular weight is 336 g/mol. The van der Waals surface area contributed by atoms with Crippen LogP contribution in [0.1, 0.15) is 21.6 Å². The molecule has 0 unspecified atom stereocenters. The number of aryl methyl sites for hydroxylation is 2. The SMILES string of the molecule is Cc1ccc(-c2cc(C(=O)N3CCNCC3)c3c(C)noc3n2)cc1. The van der Waals surface area contributed by atoms with Crippen LogP contribution in [-0.2, 0) is 0 Å². The van der Waals surface area contributed by atoms with Crippen molar-refractivity contribution >= 4 is 17.0 Å². The number of rotatable bonds is 2. The van der Waals surface area contributed by atoms with Gasteiger partial charge in [0, 0.05) is 31.7 Å². The van der Waals surface area contributed by atoms with E-state index in [1.807, 2.05) is 49.1 Å². The summed E-state index contributed by atoms with van der Waals surface area (Å²) in [7, 11) is 0. The number of pyridine rings is 1. The maximum absolute atomic E-state index is 13.1. The minimum atomic E-state index is 0.00793. The van der Waals surface area contributed by atoms with Crippen LogP contribution in [0.25, 0.3) is 22.4 Å². The van der Waals surface area contributed by atoms with Gasteiger partial charge >= 0.3 is 0 Å². The van der Waals surface area contributed by atoms with Crippen molar-refractivity contribution in [2.75, 3.05) is 26.2 Å². The van der Waals surface area contributed by atoms with Gasteiger partial charge in [0.2, 0.25) is 0 Å². The smallest absolute Gasteiger partial charge is 0.259 e. The Morgan fingerprint density at radius 3 is 2.60 bits per heavy atom. The second-order valence-corrected chi connectivity index (χ2v) is 6.41. The summed E-state index contributed by atoms with van der Waals surface area (Å²) in [6.45, 7) is 6.91. The van der Waals surface area contributed by atoms with Crippen molar-refractivity contribution in [2.24, 2.45) is 0 Å². The van der Waals surface area contributed by atoms with Gasteiger partial charge in [0.05, 0.1) is 22.3 Å². The summed E-state index contributed by atoms with van der Waals surface area (Å²) in [5, 5.41) is 7.99. The van der Waals surface area contributed by atoms with Crippen LogP contribution in [0.2, 0.25) is 0 Å². The number of amides is 1. The Morgan fingerprint density at radius 2 is 1.88 bits per heavy atom. The molecular weight excluding hydrogens is 316 g/mol. The summed E-state index contributed by atoms with van der Waals surface area (Å²) in [4.78, 5) is 19.5. The third-order valence-corrected chi connectivity index (χ3v) is 4.60. The van der Waals surface area contributed by atoms with Crippen molar-refractivity contribution < 1.29 is 9.32 Å². The van der Waals surface area contributed by atoms with Gasteiger partial charge in [-0.2, -0.15) is 0 Å². The van der Waals surface area contributed by atoms with Crippen molar-refractivity contribution in [3.8, 4) is 11.3 Å². The minimum absolute atomic E-state index is 0.00793. The number of hydrogen-bond donors (Lipinski definition) is 1. The molecular formula is C19H20N4O2. The van der Waals surface area contributed by atoms with Crippen LogP contribution >= 0.6 is 0 Å². The van der Waals surface area contributed by atoms with E-state index in [1.165, 1.54) is 5.56 Å². The van der Waals surface area contributed by atoms with E-state index in [1.54, 1.807) is 0 Å². The van der Waals surface area contributed by atoms with Crippen molar-refractivity contribution in [3.63, 3.8) is 0 Å². The Kier molecular flexibility index (Phi) is 3.97. The summed E-state index contributed by atoms with van der Waals surface area (Å²) < 4.78 is 5.37. The van der Waals surface area contributed by atoms with Gasteiger partial charge in [-0.05, 0) is 19.9 Å². The zero-order chi connectivity index (χ0) is 17.4. The number of piperazine rings is 1. The molecule has 0 bridgehead atoms. The number of aromatic nitrogens is 2. The Hall–Kier alpha value is -2.73. The van der Waals surface area contributed by atoms with Gasteiger partial charge in [-0.15, -0.1) is 0 Å². The van der Waals surface area contributed by atoms with Crippen LogP contribution in [0.3, 0.4) is 0 Å². The van der Waals surface area contributed by atoms with Crippen LogP contribution < -0.4 is 5.32 Å². The number of nitrogens with zero attached hydrogens (tertiary/aromatic N) is 3. The molecule has 1 aliphatic rings. The Balaban J connectivity index is 1.84. The lowest BCUT2D eigenvalue weighted by atomic mass is 10.0. The second kappa shape index (κ2) is 6.29. The van der Waals surface area contributed by atoms with Crippen LogP contribution in [0, 0.1) is 13.8 Å². The maximum Gasteiger partial charge on any atom is 0.259 e.